The number of fused-ring (bicyclic) bond motifs is 3. The molecule has 0 radical (unpaired) electrons. The Kier molecular flexibility index (Phi) is 5.02. The maximum absolute atomic E-state index is 6.61. The lowest BCUT2D eigenvalue weighted by Crippen LogP contribution is -2.35. The second-order valence-corrected chi connectivity index (χ2v) is 7.61. The van der Waals surface area contributed by atoms with Gasteiger partial charge in [-0.1, -0.05) is 44.2 Å². The quantitative estimate of drug-likeness (QED) is 0.733. The monoisotopic (exact) mass is 362 g/mol. The third kappa shape index (κ3) is 3.17. The van der Waals surface area contributed by atoms with Gasteiger partial charge in [0.15, 0.2) is 0 Å². The molecule has 4 rings (SSSR count). The Labute approximate surface area is 162 Å². The highest BCUT2D eigenvalue weighted by Crippen LogP contribution is 2.39. The predicted octanol–water partition coefficient (Wildman–Crippen LogP) is 4.37. The van der Waals surface area contributed by atoms with Crippen LogP contribution in [-0.2, 0) is 13.0 Å². The van der Waals surface area contributed by atoms with E-state index in [1.807, 2.05) is 6.07 Å². The molecular formula is C23H30N4. The number of nitrogens with two attached hydrogens (primary N) is 1. The molecule has 0 spiro atoms. The van der Waals surface area contributed by atoms with Crippen molar-refractivity contribution < 1.29 is 0 Å². The van der Waals surface area contributed by atoms with Crippen LogP contribution in [0.4, 0.5) is 0 Å². The Morgan fingerprint density at radius 3 is 2.63 bits per heavy atom. The average Bonchev–Trinajstić information content (AvgIpc) is 3.00. The lowest BCUT2D eigenvalue weighted by molar-refractivity contribution is 0.188. The molecule has 4 nitrogen and oxygen atoms in total. The van der Waals surface area contributed by atoms with Gasteiger partial charge in [-0.3, -0.25) is 9.88 Å². The van der Waals surface area contributed by atoms with Gasteiger partial charge in [-0.2, -0.15) is 0 Å². The first-order valence-corrected chi connectivity index (χ1v) is 10.2. The van der Waals surface area contributed by atoms with E-state index in [9.17, 15) is 0 Å². The number of likely N-dealkylation sites (N-methyl/N-ethyl adjacent to an activating group) is 1. The summed E-state index contributed by atoms with van der Waals surface area (Å²) in [5, 5.41) is 0. The molecule has 0 saturated heterocycles. The minimum atomic E-state index is -0.0171. The summed E-state index contributed by atoms with van der Waals surface area (Å²) < 4.78 is 2.45. The van der Waals surface area contributed by atoms with Crippen molar-refractivity contribution in [3.63, 3.8) is 0 Å². The average molecular weight is 363 g/mol. The fraction of sp³-hybridized carbons (Fsp3) is 0.435. The van der Waals surface area contributed by atoms with Crippen molar-refractivity contribution in [1.29, 1.82) is 0 Å². The number of benzene rings is 1. The minimum Gasteiger partial charge on any atom is -0.341 e. The Morgan fingerprint density at radius 1 is 1.15 bits per heavy atom. The van der Waals surface area contributed by atoms with Crippen molar-refractivity contribution in [2.75, 3.05) is 13.1 Å². The summed E-state index contributed by atoms with van der Waals surface area (Å²) >= 11 is 0. The van der Waals surface area contributed by atoms with E-state index in [-0.39, 0.29) is 6.04 Å². The molecule has 2 N–H and O–H groups in total. The first kappa shape index (κ1) is 18.2. The third-order valence-electron chi connectivity index (χ3n) is 6.01. The molecule has 1 aromatic carbocycles. The van der Waals surface area contributed by atoms with Crippen LogP contribution in [0.5, 0.6) is 0 Å². The zero-order valence-electron chi connectivity index (χ0n) is 16.7. The summed E-state index contributed by atoms with van der Waals surface area (Å²) in [6.45, 7) is 9.62. The van der Waals surface area contributed by atoms with Gasteiger partial charge in [-0.15, -0.1) is 0 Å². The van der Waals surface area contributed by atoms with Crippen LogP contribution in [0.3, 0.4) is 0 Å². The number of rotatable bonds is 5. The zero-order valence-corrected chi connectivity index (χ0v) is 16.7. The number of pyridine rings is 1. The van der Waals surface area contributed by atoms with Gasteiger partial charge in [0.25, 0.3) is 0 Å². The van der Waals surface area contributed by atoms with Gasteiger partial charge in [0, 0.05) is 48.5 Å². The van der Waals surface area contributed by atoms with E-state index < -0.39 is 0 Å². The molecule has 0 fully saturated rings. The van der Waals surface area contributed by atoms with Crippen molar-refractivity contribution >= 4 is 11.0 Å². The van der Waals surface area contributed by atoms with Gasteiger partial charge in [-0.25, -0.2) is 0 Å². The van der Waals surface area contributed by atoms with Crippen molar-refractivity contribution in [1.82, 2.24) is 14.5 Å². The highest BCUT2D eigenvalue weighted by atomic mass is 15.2. The van der Waals surface area contributed by atoms with Crippen molar-refractivity contribution in [3.8, 4) is 0 Å². The van der Waals surface area contributed by atoms with Crippen LogP contribution in [0.15, 0.2) is 42.5 Å². The third-order valence-corrected chi connectivity index (χ3v) is 6.01. The Bertz CT molecular complexity index is 928. The number of aromatic nitrogens is 2. The lowest BCUT2D eigenvalue weighted by Gasteiger charge is -2.35. The van der Waals surface area contributed by atoms with E-state index in [2.05, 4.69) is 66.6 Å². The molecule has 2 atom stereocenters. The van der Waals surface area contributed by atoms with Crippen LogP contribution < -0.4 is 5.73 Å². The Balaban J connectivity index is 1.84. The summed E-state index contributed by atoms with van der Waals surface area (Å²) in [5.41, 5.74) is 14.2. The highest BCUT2D eigenvalue weighted by molar-refractivity contribution is 5.82. The molecular weight excluding hydrogens is 332 g/mol. The zero-order chi connectivity index (χ0) is 19.0. The molecule has 0 bridgehead atoms. The summed E-state index contributed by atoms with van der Waals surface area (Å²) in [7, 11) is 0. The molecule has 142 valence electrons. The van der Waals surface area contributed by atoms with E-state index in [0.29, 0.717) is 6.04 Å². The van der Waals surface area contributed by atoms with E-state index >= 15 is 0 Å². The van der Waals surface area contributed by atoms with Crippen LogP contribution in [0, 0.1) is 6.92 Å². The Hall–Kier alpha value is -2.17. The maximum Gasteiger partial charge on any atom is 0.0934 e. The van der Waals surface area contributed by atoms with Crippen LogP contribution in [0.1, 0.15) is 54.9 Å². The van der Waals surface area contributed by atoms with Gasteiger partial charge < -0.3 is 10.3 Å². The highest BCUT2D eigenvalue weighted by Gasteiger charge is 2.32. The lowest BCUT2D eigenvalue weighted by atomic mass is 9.95. The normalized spacial score (nSPS) is 18.6. The number of hydrogen-bond acceptors (Lipinski definition) is 3. The Morgan fingerprint density at radius 2 is 1.93 bits per heavy atom. The standard InChI is InChI=1S/C23H30N4/c1-4-19-22-20(13-14-26(19)5-2)27(21-12-11-16(3)25-23(21)22)15-18(24)17-9-7-6-8-10-17/h6-12,18-19H,4-5,13-15,24H2,1-3H3. The van der Waals surface area contributed by atoms with Crippen LogP contribution in [-0.4, -0.2) is 27.5 Å². The summed E-state index contributed by atoms with van der Waals surface area (Å²) in [6, 6.07) is 15.2. The molecule has 4 heteroatoms. The fourth-order valence-electron chi connectivity index (χ4n) is 4.65. The van der Waals surface area contributed by atoms with Gasteiger partial charge in [0.1, 0.15) is 0 Å². The number of nitrogens with zero attached hydrogens (tertiary/aromatic N) is 3. The second-order valence-electron chi connectivity index (χ2n) is 7.61. The predicted molar refractivity (Wildman–Crippen MR) is 112 cm³/mol. The minimum absolute atomic E-state index is 0.0171. The van der Waals surface area contributed by atoms with Crippen LogP contribution in [0.25, 0.3) is 11.0 Å². The molecule has 1 aliphatic rings. The van der Waals surface area contributed by atoms with Crippen LogP contribution >= 0.6 is 0 Å². The molecule has 1 aliphatic heterocycles. The number of hydrogen-bond donors (Lipinski definition) is 1. The molecule has 0 saturated carbocycles. The summed E-state index contributed by atoms with van der Waals surface area (Å²) in [5.74, 6) is 0. The van der Waals surface area contributed by atoms with Crippen molar-refractivity contribution in [2.45, 2.75) is 52.2 Å². The molecule has 27 heavy (non-hydrogen) atoms. The first-order valence-electron chi connectivity index (χ1n) is 10.2. The van der Waals surface area contributed by atoms with Crippen molar-refractivity contribution in [3.05, 3.63) is 65.0 Å². The molecule has 3 heterocycles. The van der Waals surface area contributed by atoms with E-state index in [1.165, 1.54) is 27.9 Å². The SMILES string of the molecule is CCC1c2c(n(CC(N)c3ccccc3)c3ccc(C)nc23)CCN1CC. The van der Waals surface area contributed by atoms with Gasteiger partial charge in [-0.05, 0) is 37.6 Å². The smallest absolute Gasteiger partial charge is 0.0934 e. The largest absolute Gasteiger partial charge is 0.341 e. The van der Waals surface area contributed by atoms with E-state index in [0.717, 1.165) is 38.2 Å². The molecule has 3 aromatic rings. The van der Waals surface area contributed by atoms with Gasteiger partial charge in [0.05, 0.1) is 11.0 Å². The molecule has 0 amide bonds. The molecule has 2 unspecified atom stereocenters. The molecule has 2 aromatic heterocycles. The maximum atomic E-state index is 6.61. The van der Waals surface area contributed by atoms with Gasteiger partial charge in [0.2, 0.25) is 0 Å². The number of aryl methyl sites for hydroxylation is 1. The fourth-order valence-corrected chi connectivity index (χ4v) is 4.65. The summed E-state index contributed by atoms with van der Waals surface area (Å²) in [4.78, 5) is 7.56. The van der Waals surface area contributed by atoms with E-state index in [4.69, 9.17) is 10.7 Å². The van der Waals surface area contributed by atoms with Crippen LogP contribution in [0.2, 0.25) is 0 Å². The molecule has 0 aliphatic carbocycles. The topological polar surface area (TPSA) is 47.1 Å². The summed E-state index contributed by atoms with van der Waals surface area (Å²) in [6.07, 6.45) is 2.18. The first-order chi connectivity index (χ1) is 13.1. The second kappa shape index (κ2) is 7.45. The van der Waals surface area contributed by atoms with E-state index in [1.54, 1.807) is 0 Å². The van der Waals surface area contributed by atoms with Crippen molar-refractivity contribution in [2.24, 2.45) is 5.73 Å². The van der Waals surface area contributed by atoms with Gasteiger partial charge >= 0.3 is 0 Å².